The fourth-order valence-corrected chi connectivity index (χ4v) is 2.52. The van der Waals surface area contributed by atoms with Crippen molar-refractivity contribution in [1.29, 1.82) is 5.26 Å². The summed E-state index contributed by atoms with van der Waals surface area (Å²) in [5.74, 6) is -3.80. The third kappa shape index (κ3) is 3.10. The highest BCUT2D eigenvalue weighted by atomic mass is 19.4. The Morgan fingerprint density at radius 3 is 2.71 bits per heavy atom. The van der Waals surface area contributed by atoms with Gasteiger partial charge in [0.15, 0.2) is 5.92 Å². The second-order valence-electron chi connectivity index (χ2n) is 4.91. The molecule has 0 aliphatic carbocycles. The Labute approximate surface area is 119 Å². The monoisotopic (exact) mass is 298 g/mol. The van der Waals surface area contributed by atoms with E-state index in [1.165, 1.54) is 11.0 Å². The maximum atomic E-state index is 12.7. The molecule has 1 aromatic rings. The molecule has 1 aromatic carbocycles. The van der Waals surface area contributed by atoms with E-state index in [-0.39, 0.29) is 13.0 Å². The molecule has 0 bridgehead atoms. The lowest BCUT2D eigenvalue weighted by atomic mass is 9.89. The second kappa shape index (κ2) is 5.64. The van der Waals surface area contributed by atoms with Gasteiger partial charge >= 0.3 is 12.1 Å². The molecule has 112 valence electrons. The topological polar surface area (TPSA) is 64.3 Å². The van der Waals surface area contributed by atoms with Crippen LogP contribution in [0.3, 0.4) is 0 Å². The molecule has 1 heterocycles. The minimum absolute atomic E-state index is 0.183. The van der Waals surface area contributed by atoms with E-state index in [1.54, 1.807) is 24.3 Å². The van der Waals surface area contributed by atoms with Gasteiger partial charge in [0, 0.05) is 18.8 Å². The van der Waals surface area contributed by atoms with Gasteiger partial charge in [-0.05, 0) is 18.1 Å². The van der Waals surface area contributed by atoms with Gasteiger partial charge in [-0.25, -0.2) is 0 Å². The van der Waals surface area contributed by atoms with Crippen LogP contribution in [0.4, 0.5) is 18.9 Å². The molecule has 0 fully saturated rings. The molecule has 1 N–H and O–H groups in total. The molecular weight excluding hydrogens is 285 g/mol. The highest BCUT2D eigenvalue weighted by Crippen LogP contribution is 2.37. The molecule has 1 aliphatic heterocycles. The van der Waals surface area contributed by atoms with Crippen molar-refractivity contribution in [3.05, 3.63) is 29.8 Å². The van der Waals surface area contributed by atoms with Crippen LogP contribution < -0.4 is 4.90 Å². The molecule has 7 heteroatoms. The highest BCUT2D eigenvalue weighted by molar-refractivity contribution is 5.80. The summed E-state index contributed by atoms with van der Waals surface area (Å²) in [4.78, 5) is 12.7. The Hall–Kier alpha value is -2.23. The van der Waals surface area contributed by atoms with Crippen LogP contribution in [0.2, 0.25) is 0 Å². The summed E-state index contributed by atoms with van der Waals surface area (Å²) in [7, 11) is 0. The number of benzene rings is 1. The average Bonchev–Trinajstić information content (AvgIpc) is 2.42. The number of rotatable bonds is 3. The van der Waals surface area contributed by atoms with E-state index in [0.29, 0.717) is 11.3 Å². The van der Waals surface area contributed by atoms with Crippen molar-refractivity contribution in [3.8, 4) is 6.07 Å². The number of nitriles is 1. The summed E-state index contributed by atoms with van der Waals surface area (Å²) in [6.45, 7) is -0.300. The number of carbonyl (C=O) groups is 1. The molecule has 2 atom stereocenters. The molecule has 4 nitrogen and oxygen atoms in total. The van der Waals surface area contributed by atoms with Crippen LogP contribution in [0.1, 0.15) is 17.9 Å². The first-order valence-corrected chi connectivity index (χ1v) is 6.37. The zero-order valence-electron chi connectivity index (χ0n) is 11.0. The Balaban J connectivity index is 2.30. The largest absolute Gasteiger partial charge is 0.481 e. The smallest absolute Gasteiger partial charge is 0.406 e. The van der Waals surface area contributed by atoms with Gasteiger partial charge < -0.3 is 10.0 Å². The number of carboxylic acids is 1. The first-order valence-electron chi connectivity index (χ1n) is 6.37. The number of para-hydroxylation sites is 1. The summed E-state index contributed by atoms with van der Waals surface area (Å²) in [5, 5.41) is 17.9. The van der Waals surface area contributed by atoms with E-state index in [4.69, 9.17) is 5.26 Å². The molecule has 0 radical (unpaired) electrons. The summed E-state index contributed by atoms with van der Waals surface area (Å²) in [6.07, 6.45) is -4.37. The first-order chi connectivity index (χ1) is 9.84. The molecule has 0 spiro atoms. The molecule has 21 heavy (non-hydrogen) atoms. The normalized spacial score (nSPS) is 19.5. The fraction of sp³-hybridized carbons (Fsp3) is 0.429. The van der Waals surface area contributed by atoms with Crippen molar-refractivity contribution in [1.82, 2.24) is 0 Å². The number of anilines is 1. The number of hydrogen-bond donors (Lipinski definition) is 1. The van der Waals surface area contributed by atoms with Gasteiger partial charge in [-0.1, -0.05) is 18.2 Å². The van der Waals surface area contributed by atoms with E-state index in [0.717, 1.165) is 0 Å². The molecule has 1 aliphatic rings. The standard InChI is InChI=1S/C14H13F3N2O2/c15-14(16,17)9(7-18)8-19-6-5-11(13(20)21)10-3-1-2-4-12(10)19/h1-4,9,11H,5-6,8H2,(H,20,21). The highest BCUT2D eigenvalue weighted by Gasteiger charge is 2.42. The summed E-state index contributed by atoms with van der Waals surface area (Å²) < 4.78 is 38.1. The van der Waals surface area contributed by atoms with Gasteiger partial charge in [-0.2, -0.15) is 18.4 Å². The van der Waals surface area contributed by atoms with Crippen LogP contribution in [0, 0.1) is 17.2 Å². The van der Waals surface area contributed by atoms with Crippen molar-refractivity contribution in [2.75, 3.05) is 18.0 Å². The predicted octanol–water partition coefficient (Wildman–Crippen LogP) is 2.77. The zero-order valence-corrected chi connectivity index (χ0v) is 11.0. The predicted molar refractivity (Wildman–Crippen MR) is 68.8 cm³/mol. The Morgan fingerprint density at radius 2 is 2.14 bits per heavy atom. The summed E-state index contributed by atoms with van der Waals surface area (Å²) in [5.41, 5.74) is 0.954. The van der Waals surface area contributed by atoms with E-state index in [2.05, 4.69) is 0 Å². The summed E-state index contributed by atoms with van der Waals surface area (Å²) >= 11 is 0. The van der Waals surface area contributed by atoms with Crippen LogP contribution in [0.25, 0.3) is 0 Å². The third-order valence-corrected chi connectivity index (χ3v) is 3.59. The molecule has 2 unspecified atom stereocenters. The second-order valence-corrected chi connectivity index (χ2v) is 4.91. The Kier molecular flexibility index (Phi) is 4.07. The third-order valence-electron chi connectivity index (χ3n) is 3.59. The van der Waals surface area contributed by atoms with E-state index >= 15 is 0 Å². The van der Waals surface area contributed by atoms with Crippen molar-refractivity contribution < 1.29 is 23.1 Å². The van der Waals surface area contributed by atoms with Gasteiger partial charge in [-0.3, -0.25) is 4.79 Å². The van der Waals surface area contributed by atoms with Gasteiger partial charge in [0.05, 0.1) is 12.0 Å². The lowest BCUT2D eigenvalue weighted by molar-refractivity contribution is -0.156. The first kappa shape index (κ1) is 15.2. The SMILES string of the molecule is N#CC(CN1CCC(C(=O)O)c2ccccc21)C(F)(F)F. The number of halogens is 3. The maximum Gasteiger partial charge on any atom is 0.406 e. The Morgan fingerprint density at radius 1 is 1.48 bits per heavy atom. The number of nitrogens with zero attached hydrogens (tertiary/aromatic N) is 2. The van der Waals surface area contributed by atoms with Gasteiger partial charge in [0.25, 0.3) is 0 Å². The number of aliphatic carboxylic acids is 1. The number of hydrogen-bond acceptors (Lipinski definition) is 3. The van der Waals surface area contributed by atoms with Crippen molar-refractivity contribution in [2.45, 2.75) is 18.5 Å². The zero-order chi connectivity index (χ0) is 15.6. The molecule has 0 amide bonds. The number of alkyl halides is 3. The van der Waals surface area contributed by atoms with E-state index in [9.17, 15) is 23.1 Å². The van der Waals surface area contributed by atoms with Crippen molar-refractivity contribution in [2.24, 2.45) is 5.92 Å². The average molecular weight is 298 g/mol. The van der Waals surface area contributed by atoms with Crippen LogP contribution in [0.15, 0.2) is 24.3 Å². The van der Waals surface area contributed by atoms with Gasteiger partial charge in [0.1, 0.15) is 0 Å². The van der Waals surface area contributed by atoms with Crippen LogP contribution in [0.5, 0.6) is 0 Å². The molecular formula is C14H13F3N2O2. The van der Waals surface area contributed by atoms with Crippen LogP contribution in [-0.2, 0) is 4.79 Å². The van der Waals surface area contributed by atoms with Gasteiger partial charge in [0.2, 0.25) is 0 Å². The molecule has 2 rings (SSSR count). The van der Waals surface area contributed by atoms with Crippen LogP contribution in [-0.4, -0.2) is 30.3 Å². The summed E-state index contributed by atoms with van der Waals surface area (Å²) in [6, 6.07) is 7.77. The maximum absolute atomic E-state index is 12.7. The van der Waals surface area contributed by atoms with Crippen LogP contribution >= 0.6 is 0 Å². The van der Waals surface area contributed by atoms with Crippen molar-refractivity contribution in [3.63, 3.8) is 0 Å². The minimum Gasteiger partial charge on any atom is -0.481 e. The van der Waals surface area contributed by atoms with E-state index in [1.807, 2.05) is 0 Å². The lowest BCUT2D eigenvalue weighted by Gasteiger charge is -2.35. The van der Waals surface area contributed by atoms with Crippen molar-refractivity contribution >= 4 is 11.7 Å². The molecule has 0 saturated carbocycles. The fourth-order valence-electron chi connectivity index (χ4n) is 2.52. The Bertz CT molecular complexity index is 580. The number of fused-ring (bicyclic) bond motifs is 1. The van der Waals surface area contributed by atoms with E-state index < -0.39 is 30.5 Å². The molecule has 0 aromatic heterocycles. The lowest BCUT2D eigenvalue weighted by Crippen LogP contribution is -2.40. The quantitative estimate of drug-likeness (QED) is 0.932. The molecule has 0 saturated heterocycles. The number of carboxylic acid groups (broad SMARTS) is 1. The minimum atomic E-state index is -4.59. The van der Waals surface area contributed by atoms with Gasteiger partial charge in [-0.15, -0.1) is 0 Å².